The van der Waals surface area contributed by atoms with E-state index in [-0.39, 0.29) is 12.5 Å². The molecule has 2 aromatic carbocycles. The summed E-state index contributed by atoms with van der Waals surface area (Å²) in [6.07, 6.45) is -0.776. The van der Waals surface area contributed by atoms with Crippen LogP contribution in [0.5, 0.6) is 11.5 Å². The Kier molecular flexibility index (Phi) is 6.39. The number of hydrogen-bond donors (Lipinski definition) is 2. The number of hydrogen-bond acceptors (Lipinski definition) is 4. The predicted molar refractivity (Wildman–Crippen MR) is 111 cm³/mol. The first-order valence-electron chi connectivity index (χ1n) is 9.51. The van der Waals surface area contributed by atoms with Crippen LogP contribution in [0.2, 0.25) is 0 Å². The lowest BCUT2D eigenvalue weighted by Gasteiger charge is -2.16. The fraction of sp³-hybridized carbons (Fsp3) is 0.273. The minimum Gasteiger partial charge on any atom is -0.494 e. The van der Waals surface area contributed by atoms with E-state index in [1.165, 1.54) is 0 Å². The number of aryl methyl sites for hydroxylation is 1. The zero-order valence-corrected chi connectivity index (χ0v) is 16.8. The number of para-hydroxylation sites is 1. The van der Waals surface area contributed by atoms with E-state index < -0.39 is 12.0 Å². The molecular formula is C22H25N3O4. The van der Waals surface area contributed by atoms with Crippen LogP contribution < -0.4 is 20.3 Å². The fourth-order valence-electron chi connectivity index (χ4n) is 3.01. The van der Waals surface area contributed by atoms with Crippen molar-refractivity contribution in [3.63, 3.8) is 0 Å². The third kappa shape index (κ3) is 5.07. The monoisotopic (exact) mass is 395 g/mol. The molecule has 1 atom stereocenters. The number of carbonyl (C=O) groups excluding carboxylic acids is 2. The van der Waals surface area contributed by atoms with Crippen molar-refractivity contribution in [2.24, 2.45) is 0 Å². The maximum Gasteiger partial charge on any atom is 0.279 e. The summed E-state index contributed by atoms with van der Waals surface area (Å²) < 4.78 is 12.9. The van der Waals surface area contributed by atoms with Crippen LogP contribution in [0, 0.1) is 6.92 Å². The van der Waals surface area contributed by atoms with Crippen molar-refractivity contribution in [3.8, 4) is 11.5 Å². The lowest BCUT2D eigenvalue weighted by molar-refractivity contribution is -0.132. The Labute approximate surface area is 169 Å². The molecule has 29 heavy (non-hydrogen) atoms. The molecule has 3 aromatic rings. The molecule has 0 aliphatic rings. The lowest BCUT2D eigenvalue weighted by Crippen LogP contribution is -2.48. The number of nitrogens with zero attached hydrogens (tertiary/aromatic N) is 1. The molecule has 7 heteroatoms. The quantitative estimate of drug-likeness (QED) is 0.603. The van der Waals surface area contributed by atoms with Gasteiger partial charge in [0.05, 0.1) is 6.61 Å². The number of rotatable bonds is 7. The van der Waals surface area contributed by atoms with Crippen molar-refractivity contribution in [2.45, 2.75) is 33.4 Å². The average Bonchev–Trinajstić information content (AvgIpc) is 3.03. The van der Waals surface area contributed by atoms with Crippen molar-refractivity contribution in [1.29, 1.82) is 0 Å². The van der Waals surface area contributed by atoms with Gasteiger partial charge in [-0.15, -0.1) is 0 Å². The fourth-order valence-corrected chi connectivity index (χ4v) is 3.01. The highest BCUT2D eigenvalue weighted by atomic mass is 16.5. The molecule has 1 heterocycles. The second-order valence-corrected chi connectivity index (χ2v) is 6.63. The molecule has 3 rings (SSSR count). The molecule has 2 N–H and O–H groups in total. The van der Waals surface area contributed by atoms with Crippen molar-refractivity contribution in [2.75, 3.05) is 6.61 Å². The maximum atomic E-state index is 12.3. The van der Waals surface area contributed by atoms with Gasteiger partial charge in [-0.2, -0.15) is 0 Å². The summed E-state index contributed by atoms with van der Waals surface area (Å²) >= 11 is 0. The van der Waals surface area contributed by atoms with E-state index in [1.54, 1.807) is 31.2 Å². The van der Waals surface area contributed by atoms with E-state index in [0.717, 1.165) is 22.3 Å². The molecule has 0 saturated heterocycles. The summed E-state index contributed by atoms with van der Waals surface area (Å²) in [7, 11) is 0. The summed E-state index contributed by atoms with van der Waals surface area (Å²) in [6.45, 7) is 6.15. The largest absolute Gasteiger partial charge is 0.494 e. The number of carbonyl (C=O) groups is 2. The number of hydrazine groups is 1. The molecule has 0 spiro atoms. The van der Waals surface area contributed by atoms with Crippen LogP contribution in [-0.2, 0) is 16.1 Å². The Morgan fingerprint density at radius 1 is 1.03 bits per heavy atom. The van der Waals surface area contributed by atoms with Gasteiger partial charge in [-0.05, 0) is 62.6 Å². The first-order valence-corrected chi connectivity index (χ1v) is 9.51. The summed E-state index contributed by atoms with van der Waals surface area (Å²) in [6, 6.07) is 16.9. The number of ether oxygens (including phenoxy) is 2. The van der Waals surface area contributed by atoms with Gasteiger partial charge in [0.25, 0.3) is 11.8 Å². The first kappa shape index (κ1) is 20.3. The summed E-state index contributed by atoms with van der Waals surface area (Å²) in [4.78, 5) is 24.5. The molecular weight excluding hydrogens is 370 g/mol. The minimum atomic E-state index is -0.776. The molecule has 1 aromatic heterocycles. The van der Waals surface area contributed by atoms with E-state index in [2.05, 4.69) is 10.9 Å². The summed E-state index contributed by atoms with van der Waals surface area (Å²) in [5.41, 5.74) is 6.80. The van der Waals surface area contributed by atoms with Crippen LogP contribution in [0.3, 0.4) is 0 Å². The third-order valence-corrected chi connectivity index (χ3v) is 4.46. The zero-order valence-electron chi connectivity index (χ0n) is 16.8. The van der Waals surface area contributed by atoms with Gasteiger partial charge in [-0.25, -0.2) is 0 Å². The van der Waals surface area contributed by atoms with Gasteiger partial charge in [0.15, 0.2) is 6.10 Å². The van der Waals surface area contributed by atoms with E-state index in [1.807, 2.05) is 48.7 Å². The van der Waals surface area contributed by atoms with E-state index in [9.17, 15) is 9.59 Å². The topological polar surface area (TPSA) is 81.6 Å². The van der Waals surface area contributed by atoms with Gasteiger partial charge in [-0.3, -0.25) is 20.4 Å². The number of nitrogens with one attached hydrogen (secondary N) is 2. The highest BCUT2D eigenvalue weighted by molar-refractivity contribution is 5.86. The van der Waals surface area contributed by atoms with E-state index in [4.69, 9.17) is 9.47 Å². The van der Waals surface area contributed by atoms with Gasteiger partial charge < -0.3 is 14.0 Å². The van der Waals surface area contributed by atoms with Gasteiger partial charge in [0, 0.05) is 11.2 Å². The molecule has 152 valence electrons. The van der Waals surface area contributed by atoms with E-state index in [0.29, 0.717) is 12.4 Å². The van der Waals surface area contributed by atoms with Crippen LogP contribution in [-0.4, -0.2) is 29.1 Å². The van der Waals surface area contributed by atoms with Gasteiger partial charge in [0.2, 0.25) is 0 Å². The van der Waals surface area contributed by atoms with Crippen LogP contribution >= 0.6 is 0 Å². The Hall–Kier alpha value is -3.48. The van der Waals surface area contributed by atoms with E-state index >= 15 is 0 Å². The van der Waals surface area contributed by atoms with Gasteiger partial charge in [0.1, 0.15) is 18.0 Å². The molecule has 0 aliphatic carbocycles. The molecule has 0 fully saturated rings. The molecule has 7 nitrogen and oxygen atoms in total. The number of aromatic nitrogens is 1. The Bertz CT molecular complexity index is 995. The lowest BCUT2D eigenvalue weighted by atomic mass is 10.2. The minimum absolute atomic E-state index is 0.105. The second kappa shape index (κ2) is 9.14. The van der Waals surface area contributed by atoms with Crippen LogP contribution in [0.1, 0.15) is 19.5 Å². The van der Waals surface area contributed by atoms with Gasteiger partial charge in [-0.1, -0.05) is 18.2 Å². The SMILES string of the molecule is CCOc1ccc(OC(C)C(=O)NNC(=O)Cn2c(C)cc3ccccc32)cc1. The summed E-state index contributed by atoms with van der Waals surface area (Å²) in [5, 5.41) is 1.07. The van der Waals surface area contributed by atoms with Crippen molar-refractivity contribution in [1.82, 2.24) is 15.4 Å². The number of amides is 2. The second-order valence-electron chi connectivity index (χ2n) is 6.63. The molecule has 0 aliphatic heterocycles. The van der Waals surface area contributed by atoms with Crippen LogP contribution in [0.15, 0.2) is 54.6 Å². The molecule has 0 saturated carbocycles. The highest BCUT2D eigenvalue weighted by Gasteiger charge is 2.16. The van der Waals surface area contributed by atoms with Crippen molar-refractivity contribution < 1.29 is 19.1 Å². The maximum absolute atomic E-state index is 12.3. The standard InChI is InChI=1S/C22H25N3O4/c1-4-28-18-9-11-19(12-10-18)29-16(3)22(27)24-23-21(26)14-25-15(2)13-17-7-5-6-8-20(17)25/h5-13,16H,4,14H2,1-3H3,(H,23,26)(H,24,27). The third-order valence-electron chi connectivity index (χ3n) is 4.46. The van der Waals surface area contributed by atoms with Crippen molar-refractivity contribution in [3.05, 3.63) is 60.3 Å². The van der Waals surface area contributed by atoms with Crippen LogP contribution in [0.25, 0.3) is 10.9 Å². The highest BCUT2D eigenvalue weighted by Crippen LogP contribution is 2.19. The Morgan fingerprint density at radius 2 is 1.72 bits per heavy atom. The van der Waals surface area contributed by atoms with Gasteiger partial charge >= 0.3 is 0 Å². The Balaban J connectivity index is 1.51. The Morgan fingerprint density at radius 3 is 2.45 bits per heavy atom. The first-order chi connectivity index (χ1) is 14.0. The smallest absolute Gasteiger partial charge is 0.279 e. The number of fused-ring (bicyclic) bond motifs is 1. The summed E-state index contributed by atoms with van der Waals surface area (Å²) in [5.74, 6) is 0.506. The molecule has 2 amide bonds. The normalized spacial score (nSPS) is 11.7. The predicted octanol–water partition coefficient (Wildman–Crippen LogP) is 2.96. The average molecular weight is 395 g/mol. The van der Waals surface area contributed by atoms with Crippen molar-refractivity contribution >= 4 is 22.7 Å². The molecule has 0 radical (unpaired) electrons. The number of benzene rings is 2. The zero-order chi connectivity index (χ0) is 20.8. The van der Waals surface area contributed by atoms with Crippen LogP contribution in [0.4, 0.5) is 0 Å². The molecule has 0 bridgehead atoms. The molecule has 1 unspecified atom stereocenters.